The van der Waals surface area contributed by atoms with Crippen molar-refractivity contribution in [1.29, 1.82) is 0 Å². The molecule has 10 heteroatoms. The molecule has 0 bridgehead atoms. The van der Waals surface area contributed by atoms with Crippen LogP contribution in [0.3, 0.4) is 0 Å². The third kappa shape index (κ3) is 5.44. The van der Waals surface area contributed by atoms with Crippen molar-refractivity contribution in [1.82, 2.24) is 4.98 Å². The van der Waals surface area contributed by atoms with Gasteiger partial charge in [0.25, 0.3) is 5.91 Å². The van der Waals surface area contributed by atoms with Crippen molar-refractivity contribution in [2.75, 3.05) is 11.9 Å². The van der Waals surface area contributed by atoms with Crippen molar-refractivity contribution in [2.24, 2.45) is 10.7 Å². The van der Waals surface area contributed by atoms with Crippen LogP contribution in [-0.4, -0.2) is 35.1 Å². The Morgan fingerprint density at radius 3 is 2.54 bits per heavy atom. The molecule has 0 fully saturated rings. The molecule has 3 N–H and O–H groups in total. The second-order valence-corrected chi connectivity index (χ2v) is 9.04. The predicted octanol–water partition coefficient (Wildman–Crippen LogP) is 4.72. The van der Waals surface area contributed by atoms with Gasteiger partial charge in [-0.25, -0.2) is 14.2 Å². The minimum Gasteiger partial charge on any atom is -0.451 e. The summed E-state index contributed by atoms with van der Waals surface area (Å²) >= 11 is 1.24. The molecule has 0 saturated heterocycles. The van der Waals surface area contributed by atoms with Crippen molar-refractivity contribution < 1.29 is 23.5 Å². The first-order valence-electron chi connectivity index (χ1n) is 11.1. The summed E-state index contributed by atoms with van der Waals surface area (Å²) in [5.74, 6) is -2.02. The van der Waals surface area contributed by atoms with Gasteiger partial charge in [0.1, 0.15) is 10.8 Å². The van der Waals surface area contributed by atoms with Crippen LogP contribution >= 0.6 is 11.3 Å². The quantitative estimate of drug-likeness (QED) is 0.360. The van der Waals surface area contributed by atoms with Gasteiger partial charge in [-0.1, -0.05) is 36.4 Å². The number of nitrogens with zero attached hydrogens (tertiary/aromatic N) is 2. The van der Waals surface area contributed by atoms with Gasteiger partial charge in [-0.2, -0.15) is 0 Å². The number of amides is 2. The monoisotopic (exact) mass is 514 g/mol. The maximum Gasteiger partial charge on any atom is 0.358 e. The molecule has 0 spiro atoms. The first kappa shape index (κ1) is 24.0. The van der Waals surface area contributed by atoms with Gasteiger partial charge in [0, 0.05) is 10.9 Å². The fourth-order valence-electron chi connectivity index (χ4n) is 3.80. The number of thiazole rings is 1. The SMILES string of the molecule is NC(=O)COC(=O)c1csc(-c2cccc(C3=Nc4ccc(-c5ccc(F)cc5)cc4NC(=O)C3)c2)n1. The van der Waals surface area contributed by atoms with E-state index in [-0.39, 0.29) is 23.8 Å². The van der Waals surface area contributed by atoms with E-state index in [1.165, 1.54) is 28.8 Å². The Kier molecular flexibility index (Phi) is 6.57. The van der Waals surface area contributed by atoms with Crippen LogP contribution in [-0.2, 0) is 14.3 Å². The summed E-state index contributed by atoms with van der Waals surface area (Å²) in [6.45, 7) is -0.518. The van der Waals surface area contributed by atoms with Crippen molar-refractivity contribution in [3.05, 3.63) is 89.2 Å². The lowest BCUT2D eigenvalue weighted by atomic mass is 10.0. The summed E-state index contributed by atoms with van der Waals surface area (Å²) < 4.78 is 18.1. The molecule has 4 aromatic rings. The Balaban J connectivity index is 1.43. The summed E-state index contributed by atoms with van der Waals surface area (Å²) in [5.41, 5.74) is 9.94. The lowest BCUT2D eigenvalue weighted by Gasteiger charge is -2.08. The number of aromatic nitrogens is 1. The Hall–Kier alpha value is -4.70. The van der Waals surface area contributed by atoms with Crippen LogP contribution in [0.2, 0.25) is 0 Å². The second kappa shape index (κ2) is 10.1. The maximum absolute atomic E-state index is 13.3. The molecule has 2 heterocycles. The van der Waals surface area contributed by atoms with E-state index in [0.29, 0.717) is 22.1 Å². The number of rotatable bonds is 6. The molecular weight excluding hydrogens is 495 g/mol. The average Bonchev–Trinajstić information content (AvgIpc) is 3.32. The number of halogens is 1. The number of nitrogens with two attached hydrogens (primary N) is 1. The number of aliphatic imine (C=N–C) groups is 1. The number of nitrogens with one attached hydrogen (secondary N) is 1. The molecule has 1 aliphatic heterocycles. The molecule has 1 aliphatic rings. The van der Waals surface area contributed by atoms with Crippen molar-refractivity contribution in [3.63, 3.8) is 0 Å². The molecule has 184 valence electrons. The van der Waals surface area contributed by atoms with Crippen LogP contribution in [0.5, 0.6) is 0 Å². The summed E-state index contributed by atoms with van der Waals surface area (Å²) in [6.07, 6.45) is 0.0621. The summed E-state index contributed by atoms with van der Waals surface area (Å²) in [6, 6.07) is 19.0. The van der Waals surface area contributed by atoms with Gasteiger partial charge in [0.2, 0.25) is 5.91 Å². The van der Waals surface area contributed by atoms with E-state index in [1.807, 2.05) is 42.5 Å². The molecule has 3 aromatic carbocycles. The van der Waals surface area contributed by atoms with E-state index < -0.39 is 18.5 Å². The lowest BCUT2D eigenvalue weighted by Crippen LogP contribution is -2.21. The van der Waals surface area contributed by atoms with Gasteiger partial charge in [-0.05, 0) is 47.0 Å². The van der Waals surface area contributed by atoms with E-state index in [1.54, 1.807) is 12.1 Å². The Morgan fingerprint density at radius 2 is 1.76 bits per heavy atom. The number of carbonyl (C=O) groups excluding carboxylic acids is 3. The van der Waals surface area contributed by atoms with Crippen molar-refractivity contribution in [3.8, 4) is 21.7 Å². The minimum absolute atomic E-state index is 0.0621. The lowest BCUT2D eigenvalue weighted by molar-refractivity contribution is -0.121. The van der Waals surface area contributed by atoms with E-state index in [4.69, 9.17) is 15.5 Å². The first-order chi connectivity index (χ1) is 17.9. The smallest absolute Gasteiger partial charge is 0.358 e. The zero-order valence-corrected chi connectivity index (χ0v) is 20.0. The molecule has 0 aliphatic carbocycles. The number of fused-ring (bicyclic) bond motifs is 1. The molecule has 0 atom stereocenters. The van der Waals surface area contributed by atoms with Crippen LogP contribution in [0.4, 0.5) is 15.8 Å². The predicted molar refractivity (Wildman–Crippen MR) is 138 cm³/mol. The van der Waals surface area contributed by atoms with Crippen LogP contribution in [0.15, 0.2) is 77.1 Å². The number of ether oxygens (including phenoxy) is 1. The van der Waals surface area contributed by atoms with E-state index in [0.717, 1.165) is 22.3 Å². The number of primary amides is 1. The highest BCUT2D eigenvalue weighted by molar-refractivity contribution is 7.13. The van der Waals surface area contributed by atoms with Gasteiger partial charge in [-0.3, -0.25) is 14.6 Å². The van der Waals surface area contributed by atoms with Gasteiger partial charge >= 0.3 is 5.97 Å². The summed E-state index contributed by atoms with van der Waals surface area (Å²) in [5, 5.41) is 5.01. The number of carbonyl (C=O) groups is 3. The number of hydrogen-bond acceptors (Lipinski definition) is 7. The van der Waals surface area contributed by atoms with Crippen molar-refractivity contribution in [2.45, 2.75) is 6.42 Å². The normalized spacial score (nSPS) is 12.7. The van der Waals surface area contributed by atoms with E-state index in [9.17, 15) is 18.8 Å². The zero-order chi connectivity index (χ0) is 25.9. The Bertz CT molecular complexity index is 1560. The second-order valence-electron chi connectivity index (χ2n) is 8.18. The first-order valence-corrected chi connectivity index (χ1v) is 12.0. The molecule has 37 heavy (non-hydrogen) atoms. The summed E-state index contributed by atoms with van der Waals surface area (Å²) in [7, 11) is 0. The highest BCUT2D eigenvalue weighted by atomic mass is 32.1. The third-order valence-corrected chi connectivity index (χ3v) is 6.42. The zero-order valence-electron chi connectivity index (χ0n) is 19.2. The maximum atomic E-state index is 13.3. The Labute approximate surface area is 214 Å². The highest BCUT2D eigenvalue weighted by Gasteiger charge is 2.19. The molecule has 8 nitrogen and oxygen atoms in total. The third-order valence-electron chi connectivity index (χ3n) is 5.53. The van der Waals surface area contributed by atoms with Gasteiger partial charge in [0.05, 0.1) is 23.5 Å². The molecular formula is C27H19FN4O4S. The highest BCUT2D eigenvalue weighted by Crippen LogP contribution is 2.34. The van der Waals surface area contributed by atoms with Gasteiger partial charge in [0.15, 0.2) is 12.3 Å². The molecule has 1 aromatic heterocycles. The van der Waals surface area contributed by atoms with Crippen LogP contribution < -0.4 is 11.1 Å². The molecule has 0 unspecified atom stereocenters. The van der Waals surface area contributed by atoms with Crippen LogP contribution in [0, 0.1) is 5.82 Å². The van der Waals surface area contributed by atoms with E-state index in [2.05, 4.69) is 10.3 Å². The number of benzene rings is 3. The molecule has 5 rings (SSSR count). The Morgan fingerprint density at radius 1 is 1.00 bits per heavy atom. The largest absolute Gasteiger partial charge is 0.451 e. The van der Waals surface area contributed by atoms with Crippen LogP contribution in [0.1, 0.15) is 22.5 Å². The number of anilines is 1. The minimum atomic E-state index is -0.752. The van der Waals surface area contributed by atoms with E-state index >= 15 is 0 Å². The van der Waals surface area contributed by atoms with Crippen molar-refractivity contribution >= 4 is 46.2 Å². The number of hydrogen-bond donors (Lipinski definition) is 2. The summed E-state index contributed by atoms with van der Waals surface area (Å²) in [4.78, 5) is 44.7. The molecule has 0 radical (unpaired) electrons. The average molecular weight is 515 g/mol. The standard InChI is InChI=1S/C27H19FN4O4S/c28-19-7-4-15(5-8-19)16-6-9-20-22(11-16)31-25(34)12-21(30-20)17-2-1-3-18(10-17)26-32-23(14-37-26)27(35)36-13-24(29)33/h1-11,14H,12-13H2,(H2,29,33)(H,31,34). The van der Waals surface area contributed by atoms with Gasteiger partial charge in [-0.15, -0.1) is 11.3 Å². The fourth-order valence-corrected chi connectivity index (χ4v) is 4.58. The fraction of sp³-hybridized carbons (Fsp3) is 0.0741. The van der Waals surface area contributed by atoms with Crippen LogP contribution in [0.25, 0.3) is 21.7 Å². The molecule has 0 saturated carbocycles. The molecule has 2 amide bonds. The number of esters is 1. The van der Waals surface area contributed by atoms with Gasteiger partial charge < -0.3 is 15.8 Å². The topological polar surface area (TPSA) is 124 Å².